The summed E-state index contributed by atoms with van der Waals surface area (Å²) in [6.07, 6.45) is 0. The first-order valence-electron chi connectivity index (χ1n) is 7.87. The van der Waals surface area contributed by atoms with Gasteiger partial charge in [-0.15, -0.1) is 0 Å². The van der Waals surface area contributed by atoms with Crippen LogP contribution in [0.5, 0.6) is 0 Å². The number of anilines is 1. The molecule has 0 heterocycles. The number of carbonyl (C=O) groups is 2. The Balaban J connectivity index is 1.95. The van der Waals surface area contributed by atoms with Gasteiger partial charge in [0.15, 0.2) is 0 Å². The van der Waals surface area contributed by atoms with Gasteiger partial charge < -0.3 is 10.1 Å². The zero-order valence-corrected chi connectivity index (χ0v) is 14.0. The Kier molecular flexibility index (Phi) is 6.51. The van der Waals surface area contributed by atoms with Gasteiger partial charge in [-0.2, -0.15) is 0 Å². The first kappa shape index (κ1) is 17.7. The summed E-state index contributed by atoms with van der Waals surface area (Å²) in [5.74, 6) is -0.542. The van der Waals surface area contributed by atoms with Crippen molar-refractivity contribution in [2.75, 3.05) is 25.5 Å². The van der Waals surface area contributed by atoms with E-state index in [0.29, 0.717) is 17.8 Å². The van der Waals surface area contributed by atoms with Gasteiger partial charge in [0.25, 0.3) is 0 Å². The maximum absolute atomic E-state index is 12.3. The Hall–Kier alpha value is -2.66. The molecule has 0 radical (unpaired) electrons. The van der Waals surface area contributed by atoms with Crippen LogP contribution in [0.2, 0.25) is 0 Å². The molecular weight excluding hydrogens is 304 g/mol. The minimum absolute atomic E-state index is 0.116. The van der Waals surface area contributed by atoms with E-state index in [0.717, 1.165) is 6.54 Å². The first-order chi connectivity index (χ1) is 11.6. The second kappa shape index (κ2) is 8.84. The average Bonchev–Trinajstić information content (AvgIpc) is 2.61. The molecule has 2 aromatic carbocycles. The van der Waals surface area contributed by atoms with Crippen LogP contribution in [0.4, 0.5) is 5.69 Å². The zero-order chi connectivity index (χ0) is 17.4. The van der Waals surface area contributed by atoms with Gasteiger partial charge in [-0.25, -0.2) is 4.79 Å². The molecule has 0 aliphatic rings. The smallest absolute Gasteiger partial charge is 0.337 e. The number of hydrogen-bond donors (Lipinski definition) is 1. The number of esters is 1. The zero-order valence-electron chi connectivity index (χ0n) is 14.0. The summed E-state index contributed by atoms with van der Waals surface area (Å²) in [5.41, 5.74) is 2.16. The van der Waals surface area contributed by atoms with Crippen LogP contribution in [0.15, 0.2) is 54.6 Å². The molecule has 0 unspecified atom stereocenters. The van der Waals surface area contributed by atoms with Crippen LogP contribution in [0, 0.1) is 0 Å². The van der Waals surface area contributed by atoms with E-state index in [9.17, 15) is 9.59 Å². The number of hydrogen-bond acceptors (Lipinski definition) is 4. The van der Waals surface area contributed by atoms with E-state index in [1.807, 2.05) is 37.3 Å². The van der Waals surface area contributed by atoms with Gasteiger partial charge in [0.2, 0.25) is 5.91 Å². The van der Waals surface area contributed by atoms with E-state index in [4.69, 9.17) is 0 Å². The molecule has 5 nitrogen and oxygen atoms in total. The summed E-state index contributed by atoms with van der Waals surface area (Å²) in [6.45, 7) is 3.79. The Morgan fingerprint density at radius 2 is 1.83 bits per heavy atom. The van der Waals surface area contributed by atoms with Crippen LogP contribution >= 0.6 is 0 Å². The van der Waals surface area contributed by atoms with Gasteiger partial charge in [0.05, 0.1) is 19.2 Å². The molecule has 1 N–H and O–H groups in total. The number of rotatable bonds is 7. The third kappa shape index (κ3) is 5.21. The Morgan fingerprint density at radius 3 is 2.50 bits per heavy atom. The highest BCUT2D eigenvalue weighted by Gasteiger charge is 2.11. The van der Waals surface area contributed by atoms with E-state index < -0.39 is 5.97 Å². The highest BCUT2D eigenvalue weighted by atomic mass is 16.5. The van der Waals surface area contributed by atoms with Crippen molar-refractivity contribution >= 4 is 17.6 Å². The predicted octanol–water partition coefficient (Wildman–Crippen LogP) is 2.93. The highest BCUT2D eigenvalue weighted by molar-refractivity contribution is 5.95. The summed E-state index contributed by atoms with van der Waals surface area (Å²) in [7, 11) is 1.33. The van der Waals surface area contributed by atoms with Gasteiger partial charge in [-0.1, -0.05) is 43.3 Å². The standard InChI is InChI=1S/C19H22N2O3/c1-3-21(13-15-8-5-4-6-9-15)14-18(22)20-17-11-7-10-16(12-17)19(23)24-2/h4-12H,3,13-14H2,1-2H3,(H,20,22). The monoisotopic (exact) mass is 326 g/mol. The third-order valence-electron chi connectivity index (χ3n) is 3.63. The molecule has 126 valence electrons. The van der Waals surface area contributed by atoms with Gasteiger partial charge in [0.1, 0.15) is 0 Å². The number of likely N-dealkylation sites (N-methyl/N-ethyl adjacent to an activating group) is 1. The molecule has 2 aromatic rings. The van der Waals surface area contributed by atoms with E-state index in [1.165, 1.54) is 12.7 Å². The fourth-order valence-electron chi connectivity index (χ4n) is 2.37. The summed E-state index contributed by atoms with van der Waals surface area (Å²) in [5, 5.41) is 2.82. The van der Waals surface area contributed by atoms with Gasteiger partial charge in [-0.05, 0) is 30.3 Å². The summed E-state index contributed by atoms with van der Waals surface area (Å²) in [4.78, 5) is 25.8. The van der Waals surface area contributed by atoms with Crippen LogP contribution in [0.1, 0.15) is 22.8 Å². The molecule has 0 spiro atoms. The fourth-order valence-corrected chi connectivity index (χ4v) is 2.37. The number of amides is 1. The molecule has 0 aromatic heterocycles. The maximum atomic E-state index is 12.3. The maximum Gasteiger partial charge on any atom is 0.337 e. The molecule has 0 atom stereocenters. The molecule has 5 heteroatoms. The average molecular weight is 326 g/mol. The molecular formula is C19H22N2O3. The van der Waals surface area contributed by atoms with E-state index in [1.54, 1.807) is 24.3 Å². The van der Waals surface area contributed by atoms with Crippen molar-refractivity contribution in [3.63, 3.8) is 0 Å². The van der Waals surface area contributed by atoms with Gasteiger partial charge in [-0.3, -0.25) is 9.69 Å². The lowest BCUT2D eigenvalue weighted by molar-refractivity contribution is -0.117. The summed E-state index contributed by atoms with van der Waals surface area (Å²) < 4.78 is 4.68. The van der Waals surface area contributed by atoms with Crippen molar-refractivity contribution < 1.29 is 14.3 Å². The van der Waals surface area contributed by atoms with Crippen LogP contribution in [-0.2, 0) is 16.1 Å². The number of methoxy groups -OCH3 is 1. The number of nitrogens with zero attached hydrogens (tertiary/aromatic N) is 1. The van der Waals surface area contributed by atoms with Crippen molar-refractivity contribution in [2.45, 2.75) is 13.5 Å². The molecule has 0 saturated carbocycles. The molecule has 0 bridgehead atoms. The fraction of sp³-hybridized carbons (Fsp3) is 0.263. The summed E-state index contributed by atoms with van der Waals surface area (Å²) >= 11 is 0. The van der Waals surface area contributed by atoms with Crippen molar-refractivity contribution in [1.82, 2.24) is 4.90 Å². The molecule has 0 aliphatic heterocycles. The third-order valence-corrected chi connectivity index (χ3v) is 3.63. The van der Waals surface area contributed by atoms with Crippen molar-refractivity contribution in [1.29, 1.82) is 0 Å². The van der Waals surface area contributed by atoms with Crippen molar-refractivity contribution in [3.05, 3.63) is 65.7 Å². The molecule has 24 heavy (non-hydrogen) atoms. The lowest BCUT2D eigenvalue weighted by atomic mass is 10.2. The van der Waals surface area contributed by atoms with E-state index in [-0.39, 0.29) is 12.5 Å². The van der Waals surface area contributed by atoms with Crippen LogP contribution in [0.25, 0.3) is 0 Å². The molecule has 0 saturated heterocycles. The van der Waals surface area contributed by atoms with E-state index >= 15 is 0 Å². The molecule has 2 rings (SSSR count). The molecule has 0 fully saturated rings. The Labute approximate surface area is 142 Å². The number of carbonyl (C=O) groups excluding carboxylic acids is 2. The second-order valence-electron chi connectivity index (χ2n) is 5.41. The Morgan fingerprint density at radius 1 is 1.08 bits per heavy atom. The minimum Gasteiger partial charge on any atom is -0.465 e. The molecule has 0 aliphatic carbocycles. The van der Waals surface area contributed by atoms with Crippen LogP contribution < -0.4 is 5.32 Å². The summed E-state index contributed by atoms with van der Waals surface area (Å²) in [6, 6.07) is 16.7. The number of nitrogens with one attached hydrogen (secondary N) is 1. The second-order valence-corrected chi connectivity index (χ2v) is 5.41. The SMILES string of the molecule is CCN(CC(=O)Nc1cccc(C(=O)OC)c1)Cc1ccccc1. The Bertz CT molecular complexity index is 686. The molecule has 1 amide bonds. The van der Waals surface area contributed by atoms with Crippen LogP contribution in [-0.4, -0.2) is 37.0 Å². The van der Waals surface area contributed by atoms with Gasteiger partial charge in [0, 0.05) is 12.2 Å². The topological polar surface area (TPSA) is 58.6 Å². The minimum atomic E-state index is -0.426. The quantitative estimate of drug-likeness (QED) is 0.795. The largest absolute Gasteiger partial charge is 0.465 e. The van der Waals surface area contributed by atoms with Crippen molar-refractivity contribution in [3.8, 4) is 0 Å². The number of benzene rings is 2. The lowest BCUT2D eigenvalue weighted by Crippen LogP contribution is -2.32. The van der Waals surface area contributed by atoms with Crippen LogP contribution in [0.3, 0.4) is 0 Å². The lowest BCUT2D eigenvalue weighted by Gasteiger charge is -2.20. The first-order valence-corrected chi connectivity index (χ1v) is 7.87. The number of ether oxygens (including phenoxy) is 1. The predicted molar refractivity (Wildman–Crippen MR) is 93.8 cm³/mol. The van der Waals surface area contributed by atoms with E-state index in [2.05, 4.69) is 15.0 Å². The van der Waals surface area contributed by atoms with Gasteiger partial charge >= 0.3 is 5.97 Å². The highest BCUT2D eigenvalue weighted by Crippen LogP contribution is 2.12. The van der Waals surface area contributed by atoms with Crippen molar-refractivity contribution in [2.24, 2.45) is 0 Å². The normalized spacial score (nSPS) is 10.5.